The predicted molar refractivity (Wildman–Crippen MR) is 101 cm³/mol. The lowest BCUT2D eigenvalue weighted by Gasteiger charge is -2.37. The Balaban J connectivity index is 0.00000364. The highest BCUT2D eigenvalue weighted by Crippen LogP contribution is 2.28. The number of carbonyl (C=O) groups excluding carboxylic acids is 1. The molecular formula is C17H25ClF2N2O4S. The van der Waals surface area contributed by atoms with E-state index in [1.54, 1.807) is 7.11 Å². The smallest absolute Gasteiger partial charge is 0.337 e. The third kappa shape index (κ3) is 6.67. The van der Waals surface area contributed by atoms with Crippen LogP contribution < -0.4 is 10.6 Å². The summed E-state index contributed by atoms with van der Waals surface area (Å²) in [6.45, 7) is 2.77. The average molecular weight is 427 g/mol. The summed E-state index contributed by atoms with van der Waals surface area (Å²) in [4.78, 5) is 12.3. The van der Waals surface area contributed by atoms with Gasteiger partial charge in [0.2, 0.25) is 9.84 Å². The van der Waals surface area contributed by atoms with Crippen LogP contribution in [0.15, 0.2) is 24.3 Å². The van der Waals surface area contributed by atoms with Gasteiger partial charge in [0.15, 0.2) is 0 Å². The predicted octanol–water partition coefficient (Wildman–Crippen LogP) is 1.99. The van der Waals surface area contributed by atoms with Crippen LogP contribution in [0.5, 0.6) is 0 Å². The number of sulfone groups is 1. The van der Waals surface area contributed by atoms with E-state index in [1.807, 2.05) is 0 Å². The number of amides is 1. The number of piperidine rings is 1. The molecule has 1 saturated heterocycles. The summed E-state index contributed by atoms with van der Waals surface area (Å²) in [5.41, 5.74) is 0.460. The molecule has 2 rings (SSSR count). The molecule has 27 heavy (non-hydrogen) atoms. The second-order valence-electron chi connectivity index (χ2n) is 6.63. The van der Waals surface area contributed by atoms with E-state index in [1.165, 1.54) is 24.3 Å². The minimum Gasteiger partial charge on any atom is -0.384 e. The SMILES string of the molecule is COCC1(CNC(=O)c2ccc(CS(=O)(=O)C(F)F)cc2)CCNCC1.Cl. The summed E-state index contributed by atoms with van der Waals surface area (Å²) in [5, 5.41) is 6.17. The highest BCUT2D eigenvalue weighted by Gasteiger charge is 2.32. The van der Waals surface area contributed by atoms with Crippen molar-refractivity contribution >= 4 is 28.2 Å². The Bertz CT molecular complexity index is 703. The maximum absolute atomic E-state index is 12.4. The molecule has 0 aliphatic carbocycles. The first kappa shape index (κ1) is 23.7. The number of benzene rings is 1. The Hall–Kier alpha value is -1.29. The maximum Gasteiger partial charge on any atom is 0.337 e. The molecule has 0 atom stereocenters. The zero-order valence-electron chi connectivity index (χ0n) is 15.0. The first-order valence-corrected chi connectivity index (χ1v) is 10.1. The summed E-state index contributed by atoms with van der Waals surface area (Å²) in [7, 11) is -2.84. The number of alkyl halides is 2. The van der Waals surface area contributed by atoms with Gasteiger partial charge in [-0.2, -0.15) is 8.78 Å². The van der Waals surface area contributed by atoms with Gasteiger partial charge in [-0.15, -0.1) is 12.4 Å². The number of hydrogen-bond donors (Lipinski definition) is 2. The van der Waals surface area contributed by atoms with Crippen LogP contribution in [0.2, 0.25) is 0 Å². The van der Waals surface area contributed by atoms with Crippen molar-refractivity contribution in [3.63, 3.8) is 0 Å². The lowest BCUT2D eigenvalue weighted by atomic mass is 9.79. The lowest BCUT2D eigenvalue weighted by Crippen LogP contribution is -2.47. The van der Waals surface area contributed by atoms with Crippen LogP contribution in [0.3, 0.4) is 0 Å². The van der Waals surface area contributed by atoms with Crippen LogP contribution in [0.25, 0.3) is 0 Å². The van der Waals surface area contributed by atoms with Crippen molar-refractivity contribution in [1.82, 2.24) is 10.6 Å². The van der Waals surface area contributed by atoms with Gasteiger partial charge in [-0.1, -0.05) is 12.1 Å². The molecule has 1 aromatic rings. The Morgan fingerprint density at radius 3 is 2.37 bits per heavy atom. The molecule has 1 aliphatic heterocycles. The van der Waals surface area contributed by atoms with Crippen molar-refractivity contribution in [3.05, 3.63) is 35.4 Å². The van der Waals surface area contributed by atoms with Crippen molar-refractivity contribution in [2.45, 2.75) is 24.4 Å². The van der Waals surface area contributed by atoms with E-state index in [2.05, 4.69) is 10.6 Å². The van der Waals surface area contributed by atoms with E-state index < -0.39 is 21.3 Å². The molecule has 0 unspecified atom stereocenters. The monoisotopic (exact) mass is 426 g/mol. The molecule has 0 bridgehead atoms. The average Bonchev–Trinajstić information content (AvgIpc) is 2.61. The minimum absolute atomic E-state index is 0. The number of nitrogens with one attached hydrogen (secondary N) is 2. The van der Waals surface area contributed by atoms with E-state index in [-0.39, 0.29) is 29.3 Å². The number of hydrogen-bond acceptors (Lipinski definition) is 5. The molecule has 154 valence electrons. The molecule has 1 heterocycles. The van der Waals surface area contributed by atoms with Gasteiger partial charge in [0.05, 0.1) is 12.4 Å². The van der Waals surface area contributed by atoms with Crippen LogP contribution in [0, 0.1) is 5.41 Å². The Morgan fingerprint density at radius 1 is 1.26 bits per heavy atom. The fourth-order valence-electron chi connectivity index (χ4n) is 3.05. The lowest BCUT2D eigenvalue weighted by molar-refractivity contribution is 0.0512. The zero-order chi connectivity index (χ0) is 19.2. The van der Waals surface area contributed by atoms with Crippen molar-refractivity contribution in [3.8, 4) is 0 Å². The van der Waals surface area contributed by atoms with E-state index in [4.69, 9.17) is 4.74 Å². The van der Waals surface area contributed by atoms with Crippen LogP contribution >= 0.6 is 12.4 Å². The minimum atomic E-state index is -4.48. The van der Waals surface area contributed by atoms with Crippen LogP contribution in [-0.4, -0.2) is 53.4 Å². The maximum atomic E-state index is 12.4. The van der Waals surface area contributed by atoms with E-state index >= 15 is 0 Å². The van der Waals surface area contributed by atoms with Gasteiger partial charge in [-0.3, -0.25) is 4.79 Å². The van der Waals surface area contributed by atoms with Gasteiger partial charge in [0.1, 0.15) is 0 Å². The van der Waals surface area contributed by atoms with Crippen molar-refractivity contribution in [1.29, 1.82) is 0 Å². The highest BCUT2D eigenvalue weighted by molar-refractivity contribution is 7.90. The van der Waals surface area contributed by atoms with Gasteiger partial charge in [0.25, 0.3) is 5.91 Å². The number of methoxy groups -OCH3 is 1. The molecule has 1 aliphatic rings. The quantitative estimate of drug-likeness (QED) is 0.664. The zero-order valence-corrected chi connectivity index (χ0v) is 16.7. The summed E-state index contributed by atoms with van der Waals surface area (Å²) in [6, 6.07) is 5.64. The standard InChI is InChI=1S/C17H24F2N2O4S.ClH/c1-25-12-17(6-8-20-9-7-17)11-21-15(22)14-4-2-13(3-5-14)10-26(23,24)16(18)19;/h2-5,16,20H,6-12H2,1H3,(H,21,22);1H. The molecule has 0 radical (unpaired) electrons. The van der Waals surface area contributed by atoms with Crippen LogP contribution in [0.4, 0.5) is 8.78 Å². The summed E-state index contributed by atoms with van der Waals surface area (Å²) >= 11 is 0. The summed E-state index contributed by atoms with van der Waals surface area (Å²) in [6.07, 6.45) is 1.79. The van der Waals surface area contributed by atoms with Crippen LogP contribution in [-0.2, 0) is 20.3 Å². The first-order valence-electron chi connectivity index (χ1n) is 8.34. The van der Waals surface area contributed by atoms with Gasteiger partial charge >= 0.3 is 5.76 Å². The van der Waals surface area contributed by atoms with E-state index in [9.17, 15) is 22.0 Å². The largest absolute Gasteiger partial charge is 0.384 e. The molecule has 2 N–H and O–H groups in total. The third-order valence-corrected chi connectivity index (χ3v) is 5.87. The fourth-order valence-corrected chi connectivity index (χ4v) is 3.84. The van der Waals surface area contributed by atoms with Crippen molar-refractivity contribution in [2.24, 2.45) is 5.41 Å². The molecule has 10 heteroatoms. The molecular weight excluding hydrogens is 402 g/mol. The highest BCUT2D eigenvalue weighted by atomic mass is 35.5. The van der Waals surface area contributed by atoms with E-state index in [0.29, 0.717) is 18.7 Å². The van der Waals surface area contributed by atoms with Crippen molar-refractivity contribution < 1.29 is 26.7 Å². The van der Waals surface area contributed by atoms with Gasteiger partial charge < -0.3 is 15.4 Å². The molecule has 0 aromatic heterocycles. The van der Waals surface area contributed by atoms with E-state index in [0.717, 1.165) is 25.9 Å². The Kier molecular flexibility index (Phi) is 9.07. The molecule has 1 fully saturated rings. The second-order valence-corrected chi connectivity index (χ2v) is 8.60. The number of carbonyl (C=O) groups is 1. The molecule has 6 nitrogen and oxygen atoms in total. The second kappa shape index (κ2) is 10.3. The van der Waals surface area contributed by atoms with Gasteiger partial charge in [-0.25, -0.2) is 8.42 Å². The molecule has 1 aromatic carbocycles. The van der Waals surface area contributed by atoms with Gasteiger partial charge in [-0.05, 0) is 43.6 Å². The topological polar surface area (TPSA) is 84.5 Å². The first-order chi connectivity index (χ1) is 12.3. The van der Waals surface area contributed by atoms with Crippen LogP contribution in [0.1, 0.15) is 28.8 Å². The summed E-state index contributed by atoms with van der Waals surface area (Å²) < 4.78 is 52.6. The molecule has 0 saturated carbocycles. The van der Waals surface area contributed by atoms with Gasteiger partial charge in [0, 0.05) is 24.6 Å². The Morgan fingerprint density at radius 2 is 1.85 bits per heavy atom. The van der Waals surface area contributed by atoms with Crippen molar-refractivity contribution in [2.75, 3.05) is 33.4 Å². The Labute approximate surface area is 164 Å². The third-order valence-electron chi connectivity index (χ3n) is 4.59. The normalized spacial score (nSPS) is 16.6. The number of ether oxygens (including phenoxy) is 1. The number of halogens is 3. The fraction of sp³-hybridized carbons (Fsp3) is 0.588. The summed E-state index contributed by atoms with van der Waals surface area (Å²) in [5.74, 6) is -4.45. The number of rotatable bonds is 8. The molecule has 0 spiro atoms. The molecule has 1 amide bonds.